The summed E-state index contributed by atoms with van der Waals surface area (Å²) in [7, 11) is 1.32. The van der Waals surface area contributed by atoms with Crippen molar-refractivity contribution in [3.8, 4) is 11.8 Å². The summed E-state index contributed by atoms with van der Waals surface area (Å²) in [6, 6.07) is 14.0. The molecule has 5 heteroatoms. The van der Waals surface area contributed by atoms with Crippen molar-refractivity contribution in [3.63, 3.8) is 0 Å². The monoisotopic (exact) mass is 301 g/mol. The van der Waals surface area contributed by atoms with Gasteiger partial charge in [0, 0.05) is 5.56 Å². The minimum atomic E-state index is -0.430. The molecule has 2 rings (SSSR count). The highest BCUT2D eigenvalue weighted by Gasteiger charge is 2.13. The number of nitrogens with zero attached hydrogens (tertiary/aromatic N) is 1. The molecule has 0 atom stereocenters. The number of nitriles is 1. The molecule has 0 aliphatic heterocycles. The van der Waals surface area contributed by atoms with Gasteiger partial charge in [-0.1, -0.05) is 35.9 Å². The largest absolute Gasteiger partial charge is 0.487 e. The van der Waals surface area contributed by atoms with Gasteiger partial charge in [-0.15, -0.1) is 0 Å². The number of hydrogen-bond acceptors (Lipinski definition) is 4. The van der Waals surface area contributed by atoms with E-state index in [9.17, 15) is 4.79 Å². The van der Waals surface area contributed by atoms with Crippen LogP contribution >= 0.6 is 11.6 Å². The number of hydrogen-bond donors (Lipinski definition) is 0. The highest BCUT2D eigenvalue weighted by Crippen LogP contribution is 2.26. The van der Waals surface area contributed by atoms with Gasteiger partial charge in [-0.25, -0.2) is 4.79 Å². The molecule has 0 saturated carbocycles. The first-order valence-electron chi connectivity index (χ1n) is 6.15. The number of halogens is 1. The Labute approximate surface area is 127 Å². The molecule has 2 aromatic rings. The van der Waals surface area contributed by atoms with Crippen LogP contribution in [-0.2, 0) is 11.3 Å². The van der Waals surface area contributed by atoms with E-state index in [1.807, 2.05) is 6.07 Å². The van der Waals surface area contributed by atoms with Crippen molar-refractivity contribution in [3.05, 3.63) is 64.2 Å². The van der Waals surface area contributed by atoms with Crippen molar-refractivity contribution in [1.29, 1.82) is 5.26 Å². The fourth-order valence-electron chi connectivity index (χ4n) is 1.84. The first-order valence-corrected chi connectivity index (χ1v) is 6.52. The third-order valence-corrected chi connectivity index (χ3v) is 3.21. The molecule has 0 radical (unpaired) electrons. The van der Waals surface area contributed by atoms with E-state index < -0.39 is 5.97 Å². The minimum Gasteiger partial charge on any atom is -0.487 e. The van der Waals surface area contributed by atoms with Crippen molar-refractivity contribution in [2.75, 3.05) is 7.11 Å². The highest BCUT2D eigenvalue weighted by atomic mass is 35.5. The van der Waals surface area contributed by atoms with E-state index in [0.717, 1.165) is 0 Å². The predicted octanol–water partition coefficient (Wildman–Crippen LogP) is 3.58. The van der Waals surface area contributed by atoms with Crippen molar-refractivity contribution in [2.24, 2.45) is 0 Å². The maximum atomic E-state index is 11.7. The first-order chi connectivity index (χ1) is 10.2. The lowest BCUT2D eigenvalue weighted by atomic mass is 10.1. The van der Waals surface area contributed by atoms with E-state index in [4.69, 9.17) is 26.3 Å². The number of carbonyl (C=O) groups excluding carboxylic acids is 1. The zero-order valence-electron chi connectivity index (χ0n) is 11.3. The van der Waals surface area contributed by atoms with Gasteiger partial charge < -0.3 is 9.47 Å². The highest BCUT2D eigenvalue weighted by molar-refractivity contribution is 6.31. The number of carbonyl (C=O) groups is 1. The topological polar surface area (TPSA) is 59.3 Å². The summed E-state index contributed by atoms with van der Waals surface area (Å²) in [6.07, 6.45) is 0. The second-order valence-corrected chi connectivity index (χ2v) is 4.57. The van der Waals surface area contributed by atoms with Crippen molar-refractivity contribution in [2.45, 2.75) is 6.61 Å². The molecule has 21 heavy (non-hydrogen) atoms. The average Bonchev–Trinajstić information content (AvgIpc) is 2.52. The number of esters is 1. The lowest BCUT2D eigenvalue weighted by Gasteiger charge is -2.11. The lowest BCUT2D eigenvalue weighted by molar-refractivity contribution is 0.0597. The van der Waals surface area contributed by atoms with Gasteiger partial charge in [0.15, 0.2) is 0 Å². The van der Waals surface area contributed by atoms with Crippen LogP contribution in [0.5, 0.6) is 5.75 Å². The van der Waals surface area contributed by atoms with Crippen molar-refractivity contribution < 1.29 is 14.3 Å². The molecule has 0 spiro atoms. The van der Waals surface area contributed by atoms with Gasteiger partial charge in [-0.3, -0.25) is 0 Å². The Bertz CT molecular complexity index is 707. The van der Waals surface area contributed by atoms with E-state index in [1.165, 1.54) is 7.11 Å². The molecule has 0 heterocycles. The predicted molar refractivity (Wildman–Crippen MR) is 78.3 cm³/mol. The van der Waals surface area contributed by atoms with Crippen LogP contribution in [0, 0.1) is 11.3 Å². The second-order valence-electron chi connectivity index (χ2n) is 4.16. The van der Waals surface area contributed by atoms with Crippen molar-refractivity contribution in [1.82, 2.24) is 0 Å². The average molecular weight is 302 g/mol. The van der Waals surface area contributed by atoms with Crippen LogP contribution < -0.4 is 4.74 Å². The van der Waals surface area contributed by atoms with E-state index in [0.29, 0.717) is 21.9 Å². The summed E-state index contributed by atoms with van der Waals surface area (Å²) in [4.78, 5) is 11.7. The standard InChI is InChI=1S/C16H12ClNO3/c1-20-16(19)12-6-3-2-5-11(12)10-21-15-8-4-7-14(17)13(15)9-18/h2-8H,10H2,1H3. The van der Waals surface area contributed by atoms with Crippen LogP contribution in [0.2, 0.25) is 5.02 Å². The molecule has 0 bridgehead atoms. The van der Waals surface area contributed by atoms with Crippen LogP contribution in [-0.4, -0.2) is 13.1 Å². The third kappa shape index (κ3) is 3.33. The fraction of sp³-hybridized carbons (Fsp3) is 0.125. The molecule has 4 nitrogen and oxygen atoms in total. The van der Waals surface area contributed by atoms with Gasteiger partial charge in [0.25, 0.3) is 0 Å². The summed E-state index contributed by atoms with van der Waals surface area (Å²) in [5, 5.41) is 9.42. The number of rotatable bonds is 4. The van der Waals surface area contributed by atoms with Gasteiger partial charge in [0.05, 0.1) is 17.7 Å². The maximum Gasteiger partial charge on any atom is 0.338 e. The van der Waals surface area contributed by atoms with Crippen LogP contribution in [0.4, 0.5) is 0 Å². The van der Waals surface area contributed by atoms with Gasteiger partial charge in [0.1, 0.15) is 24.0 Å². The molecule has 0 aromatic heterocycles. The minimum absolute atomic E-state index is 0.139. The number of methoxy groups -OCH3 is 1. The summed E-state index contributed by atoms with van der Waals surface area (Å²) in [5.41, 5.74) is 1.38. The Morgan fingerprint density at radius 2 is 2.00 bits per heavy atom. The van der Waals surface area contributed by atoms with E-state index in [-0.39, 0.29) is 12.2 Å². The lowest BCUT2D eigenvalue weighted by Crippen LogP contribution is -2.08. The third-order valence-electron chi connectivity index (χ3n) is 2.89. The molecule has 0 amide bonds. The van der Waals surface area contributed by atoms with Crippen molar-refractivity contribution >= 4 is 17.6 Å². The Morgan fingerprint density at radius 3 is 2.71 bits per heavy atom. The summed E-state index contributed by atoms with van der Waals surface area (Å²) in [6.45, 7) is 0.139. The molecule has 0 saturated heterocycles. The van der Waals surface area contributed by atoms with Gasteiger partial charge in [-0.05, 0) is 18.2 Å². The normalized spacial score (nSPS) is 9.76. The zero-order valence-corrected chi connectivity index (χ0v) is 12.1. The molecule has 0 N–H and O–H groups in total. The van der Waals surface area contributed by atoms with Crippen LogP contribution in [0.3, 0.4) is 0 Å². The van der Waals surface area contributed by atoms with E-state index in [2.05, 4.69) is 0 Å². The van der Waals surface area contributed by atoms with Gasteiger partial charge in [0.2, 0.25) is 0 Å². The molecule has 0 fully saturated rings. The second kappa shape index (κ2) is 6.78. The number of ether oxygens (including phenoxy) is 2. The zero-order chi connectivity index (χ0) is 15.2. The Kier molecular flexibility index (Phi) is 4.81. The summed E-state index contributed by atoms with van der Waals surface area (Å²) in [5.74, 6) is -0.0505. The quantitative estimate of drug-likeness (QED) is 0.810. The van der Waals surface area contributed by atoms with Gasteiger partial charge >= 0.3 is 5.97 Å². The van der Waals surface area contributed by atoms with E-state index >= 15 is 0 Å². The van der Waals surface area contributed by atoms with Crippen LogP contribution in [0.25, 0.3) is 0 Å². The van der Waals surface area contributed by atoms with E-state index in [1.54, 1.807) is 42.5 Å². The summed E-state index contributed by atoms with van der Waals surface area (Å²) >= 11 is 5.94. The Balaban J connectivity index is 2.24. The maximum absolute atomic E-state index is 11.7. The summed E-state index contributed by atoms with van der Waals surface area (Å²) < 4.78 is 10.3. The molecule has 0 aliphatic rings. The molecular weight excluding hydrogens is 290 g/mol. The smallest absolute Gasteiger partial charge is 0.338 e. The molecule has 0 unspecified atom stereocenters. The van der Waals surface area contributed by atoms with Crippen LogP contribution in [0.1, 0.15) is 21.5 Å². The molecule has 2 aromatic carbocycles. The number of benzene rings is 2. The fourth-order valence-corrected chi connectivity index (χ4v) is 2.05. The Hall–Kier alpha value is -2.51. The molecular formula is C16H12ClNO3. The molecule has 0 aliphatic carbocycles. The van der Waals surface area contributed by atoms with Crippen LogP contribution in [0.15, 0.2) is 42.5 Å². The van der Waals surface area contributed by atoms with Gasteiger partial charge in [-0.2, -0.15) is 5.26 Å². The molecule has 106 valence electrons. The first kappa shape index (κ1) is 14.9. The Morgan fingerprint density at radius 1 is 1.24 bits per heavy atom. The SMILES string of the molecule is COC(=O)c1ccccc1COc1cccc(Cl)c1C#N.